The summed E-state index contributed by atoms with van der Waals surface area (Å²) < 4.78 is 6.29. The molecule has 3 aromatic rings. The first-order chi connectivity index (χ1) is 9.28. The molecule has 0 fully saturated rings. The van der Waals surface area contributed by atoms with Crippen LogP contribution < -0.4 is 10.1 Å². The number of H-pyrrole nitrogens is 1. The van der Waals surface area contributed by atoms with Crippen molar-refractivity contribution in [2.75, 3.05) is 12.4 Å². The second kappa shape index (κ2) is 5.04. The number of aromatic amines is 1. The van der Waals surface area contributed by atoms with Crippen LogP contribution in [0.25, 0.3) is 11.0 Å². The van der Waals surface area contributed by atoms with E-state index in [2.05, 4.69) is 42.9 Å². The molecule has 0 spiro atoms. The molecule has 0 bridgehead atoms. The molecule has 0 aliphatic heterocycles. The molecule has 1 aromatic carbocycles. The zero-order valence-corrected chi connectivity index (χ0v) is 12.3. The third kappa shape index (κ3) is 2.35. The third-order valence-electron chi connectivity index (χ3n) is 2.77. The molecular formula is C13H11IN4O. The molecule has 0 atom stereocenters. The van der Waals surface area contributed by atoms with E-state index in [0.29, 0.717) is 0 Å². The van der Waals surface area contributed by atoms with Crippen molar-refractivity contribution in [3.8, 4) is 5.75 Å². The fraction of sp³-hybridized carbons (Fsp3) is 0.0769. The molecular weight excluding hydrogens is 355 g/mol. The van der Waals surface area contributed by atoms with E-state index in [1.165, 1.54) is 6.33 Å². The summed E-state index contributed by atoms with van der Waals surface area (Å²) >= 11 is 2.24. The highest BCUT2D eigenvalue weighted by Crippen LogP contribution is 2.27. The van der Waals surface area contributed by atoms with Gasteiger partial charge in [-0.2, -0.15) is 0 Å². The summed E-state index contributed by atoms with van der Waals surface area (Å²) in [7, 11) is 1.67. The first-order valence-electron chi connectivity index (χ1n) is 5.66. The Bertz CT molecular complexity index is 725. The van der Waals surface area contributed by atoms with Crippen molar-refractivity contribution in [2.45, 2.75) is 0 Å². The molecule has 6 heteroatoms. The lowest BCUT2D eigenvalue weighted by molar-refractivity contribution is 0.412. The molecule has 0 saturated heterocycles. The molecule has 2 N–H and O–H groups in total. The molecule has 0 radical (unpaired) electrons. The van der Waals surface area contributed by atoms with Crippen molar-refractivity contribution in [1.29, 1.82) is 0 Å². The molecule has 0 aliphatic rings. The highest BCUT2D eigenvalue weighted by molar-refractivity contribution is 14.1. The summed E-state index contributed by atoms with van der Waals surface area (Å²) in [5.74, 6) is 1.65. The van der Waals surface area contributed by atoms with Crippen LogP contribution in [0, 0.1) is 3.57 Å². The van der Waals surface area contributed by atoms with Crippen molar-refractivity contribution in [3.63, 3.8) is 0 Å². The molecule has 5 nitrogen and oxygen atoms in total. The predicted molar refractivity (Wildman–Crippen MR) is 82.9 cm³/mol. The van der Waals surface area contributed by atoms with Crippen LogP contribution in [0.2, 0.25) is 0 Å². The number of hydrogen-bond acceptors (Lipinski definition) is 4. The Balaban J connectivity index is 1.97. The van der Waals surface area contributed by atoms with Crippen molar-refractivity contribution in [3.05, 3.63) is 40.4 Å². The van der Waals surface area contributed by atoms with Crippen molar-refractivity contribution < 1.29 is 4.74 Å². The first-order valence-corrected chi connectivity index (χ1v) is 6.74. The van der Waals surface area contributed by atoms with E-state index < -0.39 is 0 Å². The van der Waals surface area contributed by atoms with Crippen LogP contribution in [0.15, 0.2) is 36.8 Å². The van der Waals surface area contributed by atoms with E-state index in [9.17, 15) is 0 Å². The number of hydrogen-bond donors (Lipinski definition) is 2. The van der Waals surface area contributed by atoms with Crippen LogP contribution in [0.5, 0.6) is 5.75 Å². The fourth-order valence-electron chi connectivity index (χ4n) is 1.85. The number of rotatable bonds is 3. The van der Waals surface area contributed by atoms with Gasteiger partial charge in [-0.3, -0.25) is 0 Å². The van der Waals surface area contributed by atoms with Crippen LogP contribution >= 0.6 is 22.6 Å². The average Bonchev–Trinajstić information content (AvgIpc) is 2.88. The minimum absolute atomic E-state index is 0.784. The lowest BCUT2D eigenvalue weighted by atomic mass is 10.3. The van der Waals surface area contributed by atoms with Gasteiger partial charge >= 0.3 is 0 Å². The minimum Gasteiger partial charge on any atom is -0.496 e. The molecule has 0 saturated carbocycles. The SMILES string of the molecule is COc1ccc(Nc2ncnc3[nH]ccc23)cc1I. The molecule has 19 heavy (non-hydrogen) atoms. The fourth-order valence-corrected chi connectivity index (χ4v) is 2.59. The van der Waals surface area contributed by atoms with Crippen LogP contribution in [0.4, 0.5) is 11.5 Å². The molecule has 0 aliphatic carbocycles. The van der Waals surface area contributed by atoms with Gasteiger partial charge in [-0.1, -0.05) is 0 Å². The van der Waals surface area contributed by atoms with Crippen LogP contribution in [-0.2, 0) is 0 Å². The summed E-state index contributed by atoms with van der Waals surface area (Å²) in [6.07, 6.45) is 3.39. The highest BCUT2D eigenvalue weighted by Gasteiger charge is 2.06. The van der Waals surface area contributed by atoms with Gasteiger partial charge in [0.15, 0.2) is 0 Å². The summed E-state index contributed by atoms with van der Waals surface area (Å²) in [5, 5.41) is 4.26. The van der Waals surface area contributed by atoms with Crippen molar-refractivity contribution in [1.82, 2.24) is 15.0 Å². The van der Waals surface area contributed by atoms with Gasteiger partial charge in [-0.05, 0) is 46.9 Å². The van der Waals surface area contributed by atoms with Crippen LogP contribution in [-0.4, -0.2) is 22.1 Å². The zero-order chi connectivity index (χ0) is 13.2. The Labute approximate surface area is 123 Å². The van der Waals surface area contributed by atoms with Gasteiger partial charge in [0.05, 0.1) is 16.1 Å². The van der Waals surface area contributed by atoms with E-state index in [0.717, 1.165) is 31.9 Å². The summed E-state index contributed by atoms with van der Waals surface area (Å²) in [6, 6.07) is 7.85. The average molecular weight is 366 g/mol. The number of fused-ring (bicyclic) bond motifs is 1. The normalized spacial score (nSPS) is 10.6. The van der Waals surface area contributed by atoms with E-state index in [1.807, 2.05) is 30.5 Å². The van der Waals surface area contributed by atoms with Gasteiger partial charge < -0.3 is 15.0 Å². The zero-order valence-electron chi connectivity index (χ0n) is 10.1. The summed E-state index contributed by atoms with van der Waals surface area (Å²) in [4.78, 5) is 11.5. The van der Waals surface area contributed by atoms with Gasteiger partial charge in [0, 0.05) is 11.9 Å². The lowest BCUT2D eigenvalue weighted by Gasteiger charge is -2.09. The molecule has 0 unspecified atom stereocenters. The van der Waals surface area contributed by atoms with Crippen LogP contribution in [0.1, 0.15) is 0 Å². The Hall–Kier alpha value is -1.83. The van der Waals surface area contributed by atoms with Crippen molar-refractivity contribution >= 4 is 45.1 Å². The molecule has 2 aromatic heterocycles. The number of halogens is 1. The number of ether oxygens (including phenoxy) is 1. The number of methoxy groups -OCH3 is 1. The van der Waals surface area contributed by atoms with E-state index in [1.54, 1.807) is 7.11 Å². The van der Waals surface area contributed by atoms with E-state index >= 15 is 0 Å². The number of benzene rings is 1. The predicted octanol–water partition coefficient (Wildman–Crippen LogP) is 3.31. The van der Waals surface area contributed by atoms with E-state index in [4.69, 9.17) is 4.74 Å². The third-order valence-corrected chi connectivity index (χ3v) is 3.61. The molecule has 0 amide bonds. The first kappa shape index (κ1) is 12.2. The maximum Gasteiger partial charge on any atom is 0.143 e. The topological polar surface area (TPSA) is 62.8 Å². The Morgan fingerprint density at radius 2 is 2.16 bits per heavy atom. The van der Waals surface area contributed by atoms with Gasteiger partial charge in [-0.15, -0.1) is 0 Å². The quantitative estimate of drug-likeness (QED) is 0.699. The van der Waals surface area contributed by atoms with Gasteiger partial charge in [0.2, 0.25) is 0 Å². The number of nitrogens with zero attached hydrogens (tertiary/aromatic N) is 2. The molecule has 96 valence electrons. The van der Waals surface area contributed by atoms with Gasteiger partial charge in [0.25, 0.3) is 0 Å². The lowest BCUT2D eigenvalue weighted by Crippen LogP contribution is -1.96. The Kier molecular flexibility index (Phi) is 3.24. The summed E-state index contributed by atoms with van der Waals surface area (Å²) in [6.45, 7) is 0. The maximum atomic E-state index is 5.24. The van der Waals surface area contributed by atoms with Gasteiger partial charge in [0.1, 0.15) is 23.5 Å². The largest absolute Gasteiger partial charge is 0.496 e. The monoisotopic (exact) mass is 366 g/mol. The summed E-state index contributed by atoms with van der Waals surface area (Å²) in [5.41, 5.74) is 1.78. The Morgan fingerprint density at radius 3 is 2.95 bits per heavy atom. The second-order valence-corrected chi connectivity index (χ2v) is 5.10. The number of nitrogens with one attached hydrogen (secondary N) is 2. The van der Waals surface area contributed by atoms with Crippen molar-refractivity contribution in [2.24, 2.45) is 0 Å². The van der Waals surface area contributed by atoms with Gasteiger partial charge in [-0.25, -0.2) is 9.97 Å². The molecule has 2 heterocycles. The minimum atomic E-state index is 0.784. The number of anilines is 2. The maximum absolute atomic E-state index is 5.24. The standard InChI is InChI=1S/C13H11IN4O/c1-19-11-3-2-8(6-10(11)14)18-13-9-4-5-15-12(9)16-7-17-13/h2-7H,1H3,(H2,15,16,17,18). The molecule has 3 rings (SSSR count). The highest BCUT2D eigenvalue weighted by atomic mass is 127. The second-order valence-electron chi connectivity index (χ2n) is 3.94. The Morgan fingerprint density at radius 1 is 1.26 bits per heavy atom. The van der Waals surface area contributed by atoms with Crippen LogP contribution in [0.3, 0.4) is 0 Å². The van der Waals surface area contributed by atoms with E-state index in [-0.39, 0.29) is 0 Å². The smallest absolute Gasteiger partial charge is 0.143 e. The number of aromatic nitrogens is 3.